The zero-order valence-corrected chi connectivity index (χ0v) is 12.2. The van der Waals surface area contributed by atoms with Gasteiger partial charge in [-0.3, -0.25) is 14.9 Å². The smallest absolute Gasteiger partial charge is 0.338 e. The summed E-state index contributed by atoms with van der Waals surface area (Å²) in [7, 11) is 1.16. The maximum absolute atomic E-state index is 12.4. The highest BCUT2D eigenvalue weighted by molar-refractivity contribution is 5.99. The second-order valence-corrected chi connectivity index (χ2v) is 4.30. The van der Waals surface area contributed by atoms with Gasteiger partial charge in [0.25, 0.3) is 11.6 Å². The van der Waals surface area contributed by atoms with Gasteiger partial charge in [0.05, 0.1) is 17.6 Å². The predicted octanol–water partition coefficient (Wildman–Crippen LogP) is 2.20. The van der Waals surface area contributed by atoms with E-state index in [0.717, 1.165) is 19.2 Å². The van der Waals surface area contributed by atoms with Gasteiger partial charge >= 0.3 is 5.97 Å². The minimum Gasteiger partial charge on any atom is -0.465 e. The van der Waals surface area contributed by atoms with Crippen LogP contribution in [0.25, 0.3) is 0 Å². The van der Waals surface area contributed by atoms with Crippen LogP contribution in [0.4, 0.5) is 5.69 Å². The van der Waals surface area contributed by atoms with Crippen LogP contribution in [0, 0.1) is 10.1 Å². The first-order valence-electron chi connectivity index (χ1n) is 6.33. The molecule has 0 saturated carbocycles. The highest BCUT2D eigenvalue weighted by Crippen LogP contribution is 2.19. The number of methoxy groups -OCH3 is 1. The average molecular weight is 304 g/mol. The minimum absolute atomic E-state index is 0.0262. The van der Waals surface area contributed by atoms with Gasteiger partial charge in [0, 0.05) is 30.8 Å². The number of carbonyl (C=O) groups is 2. The molecule has 0 saturated heterocycles. The van der Waals surface area contributed by atoms with Crippen molar-refractivity contribution in [3.05, 3.63) is 64.8 Å². The molecule has 1 aromatic carbocycles. The van der Waals surface area contributed by atoms with E-state index in [1.807, 2.05) is 0 Å². The number of carbonyl (C=O) groups excluding carboxylic acids is 2. The molecule has 0 bridgehead atoms. The third kappa shape index (κ3) is 4.02. The number of nitrogens with zero attached hydrogens (tertiary/aromatic N) is 2. The summed E-state index contributed by atoms with van der Waals surface area (Å²) >= 11 is 0. The van der Waals surface area contributed by atoms with E-state index in [4.69, 9.17) is 0 Å². The Kier molecular flexibility index (Phi) is 6.00. The van der Waals surface area contributed by atoms with E-state index in [1.165, 1.54) is 23.1 Å². The molecule has 0 atom stereocenters. The average Bonchev–Trinajstić information content (AvgIpc) is 2.52. The lowest BCUT2D eigenvalue weighted by atomic mass is 10.1. The van der Waals surface area contributed by atoms with Gasteiger partial charge in [-0.25, -0.2) is 4.79 Å². The molecule has 0 N–H and O–H groups in total. The number of hydrogen-bond donors (Lipinski definition) is 0. The van der Waals surface area contributed by atoms with E-state index in [9.17, 15) is 19.7 Å². The second kappa shape index (κ2) is 7.72. The third-order valence-corrected chi connectivity index (χ3v) is 2.78. The fourth-order valence-electron chi connectivity index (χ4n) is 1.81. The summed E-state index contributed by atoms with van der Waals surface area (Å²) in [5.74, 6) is -1.22. The number of nitro groups is 1. The maximum atomic E-state index is 12.4. The Morgan fingerprint density at radius 2 is 1.77 bits per heavy atom. The molecule has 7 nitrogen and oxygen atoms in total. The van der Waals surface area contributed by atoms with Gasteiger partial charge in [0.2, 0.25) is 0 Å². The Hall–Kier alpha value is -2.96. The fraction of sp³-hybridized carbons (Fsp3) is 0.200. The van der Waals surface area contributed by atoms with Crippen molar-refractivity contribution in [2.75, 3.05) is 20.2 Å². The van der Waals surface area contributed by atoms with Gasteiger partial charge in [-0.2, -0.15) is 0 Å². The van der Waals surface area contributed by atoms with E-state index < -0.39 is 16.8 Å². The Labute approximate surface area is 127 Å². The van der Waals surface area contributed by atoms with Crippen LogP contribution in [0.15, 0.2) is 43.5 Å². The molecular formula is C15H16N2O5. The molecule has 0 fully saturated rings. The highest BCUT2D eigenvalue weighted by Gasteiger charge is 2.21. The highest BCUT2D eigenvalue weighted by atomic mass is 16.6. The van der Waals surface area contributed by atoms with Crippen molar-refractivity contribution in [2.45, 2.75) is 0 Å². The van der Waals surface area contributed by atoms with Crippen LogP contribution < -0.4 is 0 Å². The summed E-state index contributed by atoms with van der Waals surface area (Å²) in [5.41, 5.74) is -0.390. The number of benzene rings is 1. The van der Waals surface area contributed by atoms with Gasteiger partial charge in [-0.1, -0.05) is 12.2 Å². The molecule has 1 amide bonds. The Morgan fingerprint density at radius 1 is 1.23 bits per heavy atom. The molecule has 116 valence electrons. The van der Waals surface area contributed by atoms with E-state index in [0.29, 0.717) is 0 Å². The number of nitro benzene ring substituents is 1. The number of ether oxygens (including phenoxy) is 1. The zero-order valence-electron chi connectivity index (χ0n) is 12.2. The number of non-ortho nitro benzene ring substituents is 1. The quantitative estimate of drug-likeness (QED) is 0.333. The van der Waals surface area contributed by atoms with Crippen LogP contribution in [0.1, 0.15) is 20.7 Å². The maximum Gasteiger partial charge on any atom is 0.338 e. The van der Waals surface area contributed by atoms with Crippen molar-refractivity contribution in [2.24, 2.45) is 0 Å². The Bertz CT molecular complexity index is 614. The molecule has 1 aromatic rings. The summed E-state index contributed by atoms with van der Waals surface area (Å²) in [6.07, 6.45) is 3.06. The molecule has 0 heterocycles. The summed E-state index contributed by atoms with van der Waals surface area (Å²) in [6, 6.07) is 3.45. The standard InChI is InChI=1S/C15H16N2O5/c1-4-6-16(7-5-2)14(18)11-8-12(15(19)22-3)10-13(9-11)17(20)21/h4-5,8-10H,1-2,6-7H2,3H3. The van der Waals surface area contributed by atoms with Crippen molar-refractivity contribution < 1.29 is 19.2 Å². The zero-order chi connectivity index (χ0) is 16.7. The van der Waals surface area contributed by atoms with Crippen molar-refractivity contribution >= 4 is 17.6 Å². The van der Waals surface area contributed by atoms with Gasteiger partial charge in [-0.05, 0) is 6.07 Å². The molecular weight excluding hydrogens is 288 g/mol. The fourth-order valence-corrected chi connectivity index (χ4v) is 1.81. The molecule has 0 aliphatic heterocycles. The molecule has 7 heteroatoms. The van der Waals surface area contributed by atoms with E-state index in [1.54, 1.807) is 0 Å². The first-order chi connectivity index (χ1) is 10.4. The molecule has 0 aromatic heterocycles. The number of esters is 1. The van der Waals surface area contributed by atoms with Crippen LogP contribution in [-0.4, -0.2) is 41.9 Å². The van der Waals surface area contributed by atoms with Gasteiger partial charge in [0.15, 0.2) is 0 Å². The Balaban J connectivity index is 3.31. The minimum atomic E-state index is -0.753. The Morgan fingerprint density at radius 3 is 2.23 bits per heavy atom. The van der Waals surface area contributed by atoms with Crippen LogP contribution in [0.2, 0.25) is 0 Å². The molecule has 0 unspecified atom stereocenters. The van der Waals surface area contributed by atoms with E-state index >= 15 is 0 Å². The first-order valence-corrected chi connectivity index (χ1v) is 6.33. The van der Waals surface area contributed by atoms with Gasteiger partial charge in [0.1, 0.15) is 0 Å². The number of rotatable bonds is 7. The van der Waals surface area contributed by atoms with Crippen LogP contribution >= 0.6 is 0 Å². The lowest BCUT2D eigenvalue weighted by Gasteiger charge is -2.19. The normalized spacial score (nSPS) is 9.68. The van der Waals surface area contributed by atoms with Gasteiger partial charge in [-0.15, -0.1) is 13.2 Å². The monoisotopic (exact) mass is 304 g/mol. The summed E-state index contributed by atoms with van der Waals surface area (Å²) < 4.78 is 4.54. The van der Waals surface area contributed by atoms with Crippen LogP contribution in [0.5, 0.6) is 0 Å². The van der Waals surface area contributed by atoms with Crippen LogP contribution in [-0.2, 0) is 4.74 Å². The lowest BCUT2D eigenvalue weighted by Crippen LogP contribution is -2.31. The second-order valence-electron chi connectivity index (χ2n) is 4.30. The SMILES string of the molecule is C=CCN(CC=C)C(=O)c1cc(C(=O)OC)cc([N+](=O)[O-])c1. The summed E-state index contributed by atoms with van der Waals surface area (Å²) in [4.78, 5) is 35.7. The summed E-state index contributed by atoms with van der Waals surface area (Å²) in [5, 5.41) is 11.0. The molecule has 0 spiro atoms. The predicted molar refractivity (Wildman–Crippen MR) is 80.7 cm³/mol. The first kappa shape index (κ1) is 17.1. The van der Waals surface area contributed by atoms with Crippen molar-refractivity contribution in [1.29, 1.82) is 0 Å². The van der Waals surface area contributed by atoms with E-state index in [-0.39, 0.29) is 29.9 Å². The molecule has 1 rings (SSSR count). The van der Waals surface area contributed by atoms with Crippen molar-refractivity contribution in [1.82, 2.24) is 4.90 Å². The molecule has 0 aliphatic rings. The number of amides is 1. The van der Waals surface area contributed by atoms with E-state index in [2.05, 4.69) is 17.9 Å². The molecule has 0 aliphatic carbocycles. The topological polar surface area (TPSA) is 89.8 Å². The van der Waals surface area contributed by atoms with Crippen molar-refractivity contribution in [3.63, 3.8) is 0 Å². The largest absolute Gasteiger partial charge is 0.465 e. The summed E-state index contributed by atoms with van der Waals surface area (Å²) in [6.45, 7) is 7.61. The molecule has 0 radical (unpaired) electrons. The van der Waals surface area contributed by atoms with Crippen LogP contribution in [0.3, 0.4) is 0 Å². The lowest BCUT2D eigenvalue weighted by molar-refractivity contribution is -0.384. The van der Waals surface area contributed by atoms with Crippen molar-refractivity contribution in [3.8, 4) is 0 Å². The number of hydrogen-bond acceptors (Lipinski definition) is 5. The molecule has 22 heavy (non-hydrogen) atoms. The third-order valence-electron chi connectivity index (χ3n) is 2.78. The van der Waals surface area contributed by atoms with Gasteiger partial charge < -0.3 is 9.64 Å².